The van der Waals surface area contributed by atoms with E-state index in [0.29, 0.717) is 16.8 Å². The maximum Gasteiger partial charge on any atom is 0.244 e. The summed E-state index contributed by atoms with van der Waals surface area (Å²) in [5.74, 6) is -1.23. The molecule has 2 aromatic carbocycles. The molecule has 0 aliphatic heterocycles. The molecule has 2 rings (SSSR count). The molecule has 0 aromatic heterocycles. The molecule has 0 unspecified atom stereocenters. The van der Waals surface area contributed by atoms with Crippen molar-refractivity contribution in [3.8, 4) is 6.07 Å². The van der Waals surface area contributed by atoms with Crippen LogP contribution in [0.3, 0.4) is 0 Å². The molecule has 2 amide bonds. The Morgan fingerprint density at radius 2 is 1.83 bits per heavy atom. The van der Waals surface area contributed by atoms with Crippen molar-refractivity contribution >= 4 is 17.5 Å². The molecule has 0 radical (unpaired) electrons. The third kappa shape index (κ3) is 4.40. The van der Waals surface area contributed by atoms with Gasteiger partial charge >= 0.3 is 0 Å². The molecular weight excluding hydrogens is 309 g/mol. The number of carbonyl (C=O) groups excluding carboxylic acids is 2. The minimum atomic E-state index is -0.454. The Morgan fingerprint density at radius 1 is 1.17 bits per heavy atom. The zero-order valence-corrected chi connectivity index (χ0v) is 13.1. The fraction of sp³-hybridized carbons (Fsp3) is 0.167. The van der Waals surface area contributed by atoms with E-state index in [-0.39, 0.29) is 19.0 Å². The van der Waals surface area contributed by atoms with Crippen LogP contribution in [-0.2, 0) is 16.1 Å². The Labute approximate surface area is 139 Å². The molecule has 1 N–H and O–H groups in total. The molecule has 5 nitrogen and oxygen atoms in total. The number of para-hydroxylation sites is 1. The summed E-state index contributed by atoms with van der Waals surface area (Å²) in [6, 6.07) is 14.6. The predicted octanol–water partition coefficient (Wildman–Crippen LogP) is 2.68. The van der Waals surface area contributed by atoms with Crippen LogP contribution in [-0.4, -0.2) is 23.3 Å². The number of hydrogen-bond donors (Lipinski definition) is 1. The van der Waals surface area contributed by atoms with E-state index in [0.717, 1.165) is 0 Å². The Bertz CT molecular complexity index is 799. The molecule has 122 valence electrons. The van der Waals surface area contributed by atoms with E-state index < -0.39 is 11.7 Å². The third-order valence-electron chi connectivity index (χ3n) is 3.42. The van der Waals surface area contributed by atoms with Crippen LogP contribution in [0.25, 0.3) is 0 Å². The van der Waals surface area contributed by atoms with Crippen LogP contribution >= 0.6 is 0 Å². The summed E-state index contributed by atoms with van der Waals surface area (Å²) in [6.07, 6.45) is 0. The predicted molar refractivity (Wildman–Crippen MR) is 87.3 cm³/mol. The van der Waals surface area contributed by atoms with Crippen LogP contribution in [0.1, 0.15) is 18.1 Å². The van der Waals surface area contributed by atoms with E-state index in [4.69, 9.17) is 5.26 Å². The van der Waals surface area contributed by atoms with Gasteiger partial charge in [-0.3, -0.25) is 9.59 Å². The van der Waals surface area contributed by atoms with Gasteiger partial charge in [-0.1, -0.05) is 30.3 Å². The summed E-state index contributed by atoms with van der Waals surface area (Å²) in [5.41, 5.74) is 1.03. The number of nitrogens with one attached hydrogen (secondary N) is 1. The van der Waals surface area contributed by atoms with Crippen molar-refractivity contribution < 1.29 is 14.0 Å². The quantitative estimate of drug-likeness (QED) is 0.918. The molecule has 0 heterocycles. The number of nitrogens with zero attached hydrogens (tertiary/aromatic N) is 2. The van der Waals surface area contributed by atoms with Gasteiger partial charge in [0.05, 0.1) is 11.3 Å². The molecule has 24 heavy (non-hydrogen) atoms. The lowest BCUT2D eigenvalue weighted by Crippen LogP contribution is -2.36. The van der Waals surface area contributed by atoms with E-state index >= 15 is 0 Å². The van der Waals surface area contributed by atoms with Crippen molar-refractivity contribution in [2.45, 2.75) is 13.5 Å². The molecule has 0 bridgehead atoms. The first kappa shape index (κ1) is 17.2. The number of anilines is 1. The van der Waals surface area contributed by atoms with Crippen LogP contribution < -0.4 is 5.32 Å². The van der Waals surface area contributed by atoms with Gasteiger partial charge in [-0.25, -0.2) is 4.39 Å². The largest absolute Gasteiger partial charge is 0.329 e. The fourth-order valence-corrected chi connectivity index (χ4v) is 2.16. The van der Waals surface area contributed by atoms with Crippen molar-refractivity contribution in [1.29, 1.82) is 5.26 Å². The second kappa shape index (κ2) is 7.88. The Hall–Kier alpha value is -3.20. The SMILES string of the molecule is CC(=O)N(CC(=O)Nc1ccccc1C#N)Cc1ccccc1F. The molecule has 0 atom stereocenters. The van der Waals surface area contributed by atoms with Gasteiger partial charge < -0.3 is 10.2 Å². The third-order valence-corrected chi connectivity index (χ3v) is 3.42. The zero-order chi connectivity index (χ0) is 17.5. The van der Waals surface area contributed by atoms with Crippen molar-refractivity contribution in [3.63, 3.8) is 0 Å². The lowest BCUT2D eigenvalue weighted by Gasteiger charge is -2.21. The first-order chi connectivity index (χ1) is 11.5. The zero-order valence-electron chi connectivity index (χ0n) is 13.1. The van der Waals surface area contributed by atoms with Gasteiger partial charge in [0.15, 0.2) is 0 Å². The Balaban J connectivity index is 2.08. The molecule has 6 heteroatoms. The van der Waals surface area contributed by atoms with E-state index in [1.807, 2.05) is 6.07 Å². The summed E-state index contributed by atoms with van der Waals surface area (Å²) in [6.45, 7) is 1.08. The molecule has 0 spiro atoms. The highest BCUT2D eigenvalue weighted by Crippen LogP contribution is 2.14. The van der Waals surface area contributed by atoms with Gasteiger partial charge in [-0.15, -0.1) is 0 Å². The first-order valence-electron chi connectivity index (χ1n) is 7.29. The number of benzene rings is 2. The van der Waals surface area contributed by atoms with Gasteiger partial charge in [0.2, 0.25) is 11.8 Å². The summed E-state index contributed by atoms with van der Waals surface area (Å²) < 4.78 is 13.7. The number of amides is 2. The van der Waals surface area contributed by atoms with Gasteiger partial charge in [-0.2, -0.15) is 5.26 Å². The highest BCUT2D eigenvalue weighted by Gasteiger charge is 2.16. The molecule has 0 fully saturated rings. The average Bonchev–Trinajstić information content (AvgIpc) is 2.56. The minimum absolute atomic E-state index is 0.00464. The molecule has 0 saturated carbocycles. The number of carbonyl (C=O) groups is 2. The van der Waals surface area contributed by atoms with Crippen molar-refractivity contribution in [2.24, 2.45) is 0 Å². The second-order valence-electron chi connectivity index (χ2n) is 5.17. The summed E-state index contributed by atoms with van der Waals surface area (Å²) in [5, 5.41) is 11.6. The molecule has 0 saturated heterocycles. The van der Waals surface area contributed by atoms with Crippen LogP contribution in [0.2, 0.25) is 0 Å². The van der Waals surface area contributed by atoms with Crippen LogP contribution in [0.5, 0.6) is 0 Å². The van der Waals surface area contributed by atoms with Gasteiger partial charge in [0, 0.05) is 19.0 Å². The van der Waals surface area contributed by atoms with Crippen molar-refractivity contribution in [1.82, 2.24) is 4.90 Å². The van der Waals surface area contributed by atoms with Gasteiger partial charge in [0.25, 0.3) is 0 Å². The summed E-state index contributed by atoms with van der Waals surface area (Å²) in [4.78, 5) is 25.1. The Morgan fingerprint density at radius 3 is 2.50 bits per heavy atom. The van der Waals surface area contributed by atoms with Gasteiger partial charge in [0.1, 0.15) is 18.4 Å². The second-order valence-corrected chi connectivity index (χ2v) is 5.17. The van der Waals surface area contributed by atoms with Crippen LogP contribution in [0, 0.1) is 17.1 Å². The average molecular weight is 325 g/mol. The number of nitriles is 1. The smallest absolute Gasteiger partial charge is 0.244 e. The maximum absolute atomic E-state index is 13.7. The van der Waals surface area contributed by atoms with Gasteiger partial charge in [-0.05, 0) is 18.2 Å². The highest BCUT2D eigenvalue weighted by atomic mass is 19.1. The van der Waals surface area contributed by atoms with Crippen LogP contribution in [0.15, 0.2) is 48.5 Å². The normalized spacial score (nSPS) is 9.88. The van der Waals surface area contributed by atoms with E-state index in [1.165, 1.54) is 17.9 Å². The number of rotatable bonds is 5. The molecule has 2 aromatic rings. The van der Waals surface area contributed by atoms with E-state index in [1.54, 1.807) is 42.5 Å². The monoisotopic (exact) mass is 325 g/mol. The number of hydrogen-bond acceptors (Lipinski definition) is 3. The fourth-order valence-electron chi connectivity index (χ4n) is 2.16. The molecule has 0 aliphatic rings. The standard InChI is InChI=1S/C18H16FN3O2/c1-13(23)22(11-15-7-2-4-8-16(15)19)12-18(24)21-17-9-5-3-6-14(17)10-20/h2-9H,11-12H2,1H3,(H,21,24). The summed E-state index contributed by atoms with van der Waals surface area (Å²) in [7, 11) is 0. The lowest BCUT2D eigenvalue weighted by atomic mass is 10.2. The van der Waals surface area contributed by atoms with Crippen molar-refractivity contribution in [3.05, 3.63) is 65.5 Å². The Kier molecular flexibility index (Phi) is 5.63. The maximum atomic E-state index is 13.7. The number of halogens is 1. The topological polar surface area (TPSA) is 73.2 Å². The van der Waals surface area contributed by atoms with E-state index in [2.05, 4.69) is 5.32 Å². The van der Waals surface area contributed by atoms with Crippen molar-refractivity contribution in [2.75, 3.05) is 11.9 Å². The first-order valence-corrected chi connectivity index (χ1v) is 7.29. The van der Waals surface area contributed by atoms with Crippen LogP contribution in [0.4, 0.5) is 10.1 Å². The van der Waals surface area contributed by atoms with E-state index in [9.17, 15) is 14.0 Å². The lowest BCUT2D eigenvalue weighted by molar-refractivity contribution is -0.133. The molecule has 0 aliphatic carbocycles. The molecular formula is C18H16FN3O2. The highest BCUT2D eigenvalue weighted by molar-refractivity contribution is 5.95. The summed E-state index contributed by atoms with van der Waals surface area (Å²) >= 11 is 0. The minimum Gasteiger partial charge on any atom is -0.329 e.